The summed E-state index contributed by atoms with van der Waals surface area (Å²) in [6, 6.07) is 6.79. The summed E-state index contributed by atoms with van der Waals surface area (Å²) < 4.78 is 0. The molecule has 0 aromatic heterocycles. The Balaban J connectivity index is 2.90. The predicted octanol–water partition coefficient (Wildman–Crippen LogP) is 0.261. The van der Waals surface area contributed by atoms with Crippen molar-refractivity contribution in [3.8, 4) is 0 Å². The molecule has 0 aliphatic rings. The van der Waals surface area contributed by atoms with Crippen LogP contribution in [0, 0.1) is 0 Å². The molecular weight excluding hydrogens is 248 g/mol. The Labute approximate surface area is 110 Å². The normalized spacial score (nSPS) is 9.95. The first-order chi connectivity index (χ1) is 8.93. The van der Waals surface area contributed by atoms with Gasteiger partial charge in [0, 0.05) is 5.56 Å². The van der Waals surface area contributed by atoms with Crippen molar-refractivity contribution >= 4 is 17.8 Å². The number of rotatable bonds is 6. The average molecular weight is 264 g/mol. The maximum absolute atomic E-state index is 12.1. The molecule has 2 amide bonds. The van der Waals surface area contributed by atoms with E-state index in [0.29, 0.717) is 5.56 Å². The monoisotopic (exact) mass is 264 g/mol. The van der Waals surface area contributed by atoms with Crippen molar-refractivity contribution in [2.45, 2.75) is 13.3 Å². The number of nitrogens with zero attached hydrogens (tertiary/aromatic N) is 1. The first-order valence-corrected chi connectivity index (χ1v) is 5.82. The van der Waals surface area contributed by atoms with E-state index in [-0.39, 0.29) is 0 Å². The molecule has 0 unspecified atom stereocenters. The molecule has 19 heavy (non-hydrogen) atoms. The summed E-state index contributed by atoms with van der Waals surface area (Å²) in [6.45, 7) is 1.01. The van der Waals surface area contributed by atoms with Gasteiger partial charge in [-0.25, -0.2) is 0 Å². The molecule has 1 rings (SSSR count). The molecule has 0 saturated carbocycles. The molecule has 0 aliphatic heterocycles. The van der Waals surface area contributed by atoms with E-state index in [1.165, 1.54) is 0 Å². The summed E-state index contributed by atoms with van der Waals surface area (Å²) in [5.41, 5.74) is 6.40. The summed E-state index contributed by atoms with van der Waals surface area (Å²) in [7, 11) is 0. The molecule has 0 fully saturated rings. The Morgan fingerprint density at radius 1 is 1.16 bits per heavy atom. The lowest BCUT2D eigenvalue weighted by molar-refractivity contribution is -0.138. The van der Waals surface area contributed by atoms with Crippen LogP contribution in [-0.2, 0) is 16.0 Å². The molecule has 0 heterocycles. The lowest BCUT2D eigenvalue weighted by Crippen LogP contribution is -2.41. The molecule has 0 radical (unpaired) electrons. The van der Waals surface area contributed by atoms with Gasteiger partial charge in [-0.2, -0.15) is 0 Å². The number of aliphatic carboxylic acids is 1. The van der Waals surface area contributed by atoms with Crippen LogP contribution < -0.4 is 5.73 Å². The van der Waals surface area contributed by atoms with Crippen LogP contribution in [0.1, 0.15) is 22.8 Å². The second kappa shape index (κ2) is 6.53. The number of carbonyl (C=O) groups excluding carboxylic acids is 2. The fraction of sp³-hybridized carbons (Fsp3) is 0.308. The number of hydrogen-bond acceptors (Lipinski definition) is 3. The molecule has 0 saturated heterocycles. The number of primary amides is 1. The number of benzene rings is 1. The number of hydrogen-bond donors (Lipinski definition) is 2. The van der Waals surface area contributed by atoms with E-state index in [9.17, 15) is 14.4 Å². The fourth-order valence-electron chi connectivity index (χ4n) is 1.62. The Kier molecular flexibility index (Phi) is 5.05. The van der Waals surface area contributed by atoms with Crippen molar-refractivity contribution in [3.63, 3.8) is 0 Å². The van der Waals surface area contributed by atoms with Crippen molar-refractivity contribution in [2.75, 3.05) is 13.1 Å². The fourth-order valence-corrected chi connectivity index (χ4v) is 1.62. The van der Waals surface area contributed by atoms with Gasteiger partial charge in [0.2, 0.25) is 5.91 Å². The number of carboxylic acids is 1. The van der Waals surface area contributed by atoms with Crippen LogP contribution in [0.3, 0.4) is 0 Å². The number of carbonyl (C=O) groups is 3. The smallest absolute Gasteiger partial charge is 0.323 e. The molecule has 6 heteroatoms. The number of aryl methyl sites for hydroxylation is 1. The van der Waals surface area contributed by atoms with E-state index in [0.717, 1.165) is 16.9 Å². The molecule has 1 aromatic carbocycles. The molecule has 102 valence electrons. The highest BCUT2D eigenvalue weighted by atomic mass is 16.4. The molecule has 0 spiro atoms. The van der Waals surface area contributed by atoms with Crippen LogP contribution in [0.15, 0.2) is 24.3 Å². The summed E-state index contributed by atoms with van der Waals surface area (Å²) in [5, 5.41) is 8.73. The quantitative estimate of drug-likeness (QED) is 0.769. The number of nitrogens with two attached hydrogens (primary N) is 1. The van der Waals surface area contributed by atoms with Gasteiger partial charge < -0.3 is 15.7 Å². The lowest BCUT2D eigenvalue weighted by Gasteiger charge is -2.19. The minimum Gasteiger partial charge on any atom is -0.480 e. The SMILES string of the molecule is CCc1ccc(C(=O)N(CC(N)=O)CC(=O)O)cc1. The minimum atomic E-state index is -1.19. The first kappa shape index (κ1) is 14.7. The van der Waals surface area contributed by atoms with Gasteiger partial charge in [-0.15, -0.1) is 0 Å². The van der Waals surface area contributed by atoms with E-state index in [2.05, 4.69) is 0 Å². The molecular formula is C13H16N2O4. The standard InChI is InChI=1S/C13H16N2O4/c1-2-9-3-5-10(6-4-9)13(19)15(7-11(14)16)8-12(17)18/h3-6H,2,7-8H2,1H3,(H2,14,16)(H,17,18). The predicted molar refractivity (Wildman–Crippen MR) is 68.6 cm³/mol. The maximum atomic E-state index is 12.1. The second-order valence-corrected chi connectivity index (χ2v) is 4.07. The highest BCUT2D eigenvalue weighted by Crippen LogP contribution is 2.08. The van der Waals surface area contributed by atoms with Crippen LogP contribution in [0.25, 0.3) is 0 Å². The number of amides is 2. The van der Waals surface area contributed by atoms with Crippen molar-refractivity contribution < 1.29 is 19.5 Å². The molecule has 0 atom stereocenters. The summed E-state index contributed by atoms with van der Waals surface area (Å²) in [6.07, 6.45) is 0.842. The van der Waals surface area contributed by atoms with Crippen molar-refractivity contribution in [1.29, 1.82) is 0 Å². The van der Waals surface area contributed by atoms with Crippen LogP contribution in [0.4, 0.5) is 0 Å². The third-order valence-electron chi connectivity index (χ3n) is 2.57. The molecule has 3 N–H and O–H groups in total. The molecule has 6 nitrogen and oxygen atoms in total. The van der Waals surface area contributed by atoms with E-state index in [1.807, 2.05) is 6.92 Å². The van der Waals surface area contributed by atoms with E-state index in [1.54, 1.807) is 24.3 Å². The van der Waals surface area contributed by atoms with Crippen LogP contribution in [0.2, 0.25) is 0 Å². The largest absolute Gasteiger partial charge is 0.480 e. The van der Waals surface area contributed by atoms with Gasteiger partial charge in [-0.05, 0) is 24.1 Å². The average Bonchev–Trinajstić information content (AvgIpc) is 2.36. The van der Waals surface area contributed by atoms with Crippen LogP contribution >= 0.6 is 0 Å². The van der Waals surface area contributed by atoms with Crippen molar-refractivity contribution in [2.24, 2.45) is 5.73 Å². The zero-order chi connectivity index (χ0) is 14.4. The minimum absolute atomic E-state index is 0.333. The zero-order valence-electron chi connectivity index (χ0n) is 10.6. The van der Waals surface area contributed by atoms with Gasteiger partial charge in [0.25, 0.3) is 5.91 Å². The second-order valence-electron chi connectivity index (χ2n) is 4.07. The highest BCUT2D eigenvalue weighted by molar-refractivity contribution is 5.97. The zero-order valence-corrected chi connectivity index (χ0v) is 10.6. The van der Waals surface area contributed by atoms with Gasteiger partial charge in [-0.3, -0.25) is 14.4 Å². The third-order valence-corrected chi connectivity index (χ3v) is 2.57. The van der Waals surface area contributed by atoms with Crippen LogP contribution in [0.5, 0.6) is 0 Å². The van der Waals surface area contributed by atoms with Gasteiger partial charge in [0.1, 0.15) is 13.1 Å². The van der Waals surface area contributed by atoms with E-state index in [4.69, 9.17) is 10.8 Å². The lowest BCUT2D eigenvalue weighted by atomic mass is 10.1. The maximum Gasteiger partial charge on any atom is 0.323 e. The van der Waals surface area contributed by atoms with Gasteiger partial charge in [0.15, 0.2) is 0 Å². The topological polar surface area (TPSA) is 101 Å². The highest BCUT2D eigenvalue weighted by Gasteiger charge is 2.20. The van der Waals surface area contributed by atoms with Crippen LogP contribution in [-0.4, -0.2) is 40.9 Å². The van der Waals surface area contributed by atoms with Gasteiger partial charge in [0.05, 0.1) is 0 Å². The Morgan fingerprint density at radius 3 is 2.16 bits per heavy atom. The molecule has 0 bridgehead atoms. The summed E-state index contributed by atoms with van der Waals surface area (Å²) >= 11 is 0. The Hall–Kier alpha value is -2.37. The van der Waals surface area contributed by atoms with E-state index < -0.39 is 30.9 Å². The Morgan fingerprint density at radius 2 is 1.74 bits per heavy atom. The van der Waals surface area contributed by atoms with Crippen molar-refractivity contribution in [3.05, 3.63) is 35.4 Å². The summed E-state index contributed by atoms with van der Waals surface area (Å²) in [5.74, 6) is -2.47. The third kappa shape index (κ3) is 4.42. The van der Waals surface area contributed by atoms with Gasteiger partial charge >= 0.3 is 5.97 Å². The van der Waals surface area contributed by atoms with Crippen molar-refractivity contribution in [1.82, 2.24) is 4.90 Å². The van der Waals surface area contributed by atoms with Gasteiger partial charge in [-0.1, -0.05) is 19.1 Å². The number of carboxylic acid groups (broad SMARTS) is 1. The Bertz CT molecular complexity index is 466. The first-order valence-electron chi connectivity index (χ1n) is 5.82. The molecule has 1 aromatic rings. The summed E-state index contributed by atoms with van der Waals surface area (Å²) in [4.78, 5) is 34.5. The molecule has 0 aliphatic carbocycles. The van der Waals surface area contributed by atoms with E-state index >= 15 is 0 Å².